The maximum atomic E-state index is 12.8. The van der Waals surface area contributed by atoms with E-state index in [1.165, 1.54) is 12.1 Å². The second-order valence-electron chi connectivity index (χ2n) is 8.40. The summed E-state index contributed by atoms with van der Waals surface area (Å²) in [6, 6.07) is 12.9. The van der Waals surface area contributed by atoms with Gasteiger partial charge in [-0.05, 0) is 36.1 Å². The van der Waals surface area contributed by atoms with Crippen LogP contribution in [0.2, 0.25) is 0 Å². The molecule has 1 aliphatic heterocycles. The van der Waals surface area contributed by atoms with Crippen molar-refractivity contribution in [2.75, 3.05) is 6.54 Å². The van der Waals surface area contributed by atoms with Gasteiger partial charge in [0.2, 0.25) is 5.91 Å². The molecule has 0 aromatic heterocycles. The summed E-state index contributed by atoms with van der Waals surface area (Å²) in [5, 5.41) is 4.19. The molecule has 0 N–H and O–H groups in total. The lowest BCUT2D eigenvalue weighted by Gasteiger charge is -2.26. The predicted molar refractivity (Wildman–Crippen MR) is 114 cm³/mol. The van der Waals surface area contributed by atoms with E-state index in [-0.39, 0.29) is 24.5 Å². The highest BCUT2D eigenvalue weighted by molar-refractivity contribution is 6.01. The molecule has 7 heteroatoms. The smallest absolute Gasteiger partial charge is 0.390 e. The van der Waals surface area contributed by atoms with E-state index in [0.717, 1.165) is 29.0 Å². The number of hydrogen-bond donors (Lipinski definition) is 0. The number of benzene rings is 2. The van der Waals surface area contributed by atoms with Gasteiger partial charge < -0.3 is 9.74 Å². The van der Waals surface area contributed by atoms with E-state index in [9.17, 15) is 18.0 Å². The van der Waals surface area contributed by atoms with Crippen LogP contribution in [-0.2, 0) is 22.4 Å². The molecule has 0 fully saturated rings. The number of rotatable bonds is 7. The third kappa shape index (κ3) is 6.32. The van der Waals surface area contributed by atoms with Crippen LogP contribution in [-0.4, -0.2) is 29.2 Å². The highest BCUT2D eigenvalue weighted by atomic mass is 19.4. The van der Waals surface area contributed by atoms with Gasteiger partial charge in [-0.3, -0.25) is 4.79 Å². The van der Waals surface area contributed by atoms with Gasteiger partial charge in [-0.1, -0.05) is 61.0 Å². The lowest BCUT2D eigenvalue weighted by molar-refractivity contribution is -0.138. The molecule has 4 nitrogen and oxygen atoms in total. The van der Waals surface area contributed by atoms with Crippen LogP contribution in [0.25, 0.3) is 0 Å². The average molecular weight is 432 g/mol. The minimum absolute atomic E-state index is 0.0534. The lowest BCUT2D eigenvalue weighted by atomic mass is 10.0. The Morgan fingerprint density at radius 3 is 2.35 bits per heavy atom. The normalized spacial score (nSPS) is 16.2. The largest absolute Gasteiger partial charge is 0.416 e. The zero-order valence-electron chi connectivity index (χ0n) is 17.9. The number of nitrogens with zero attached hydrogens (tertiary/aromatic N) is 2. The van der Waals surface area contributed by atoms with Gasteiger partial charge in [0.25, 0.3) is 0 Å². The van der Waals surface area contributed by atoms with Crippen LogP contribution in [0.1, 0.15) is 48.9 Å². The molecule has 166 valence electrons. The lowest BCUT2D eigenvalue weighted by Crippen LogP contribution is -2.37. The quantitative estimate of drug-likeness (QED) is 0.573. The zero-order valence-corrected chi connectivity index (χ0v) is 17.9. The first-order chi connectivity index (χ1) is 14.6. The molecule has 1 aliphatic rings. The first-order valence-electron chi connectivity index (χ1n) is 10.4. The number of aryl methyl sites for hydroxylation is 1. The van der Waals surface area contributed by atoms with Crippen LogP contribution in [0.5, 0.6) is 0 Å². The molecule has 0 saturated carbocycles. The maximum absolute atomic E-state index is 12.8. The zero-order chi connectivity index (χ0) is 22.6. The first kappa shape index (κ1) is 22.8. The highest BCUT2D eigenvalue weighted by Gasteiger charge is 2.30. The van der Waals surface area contributed by atoms with Crippen molar-refractivity contribution in [3.8, 4) is 0 Å². The molecule has 0 unspecified atom stereocenters. The van der Waals surface area contributed by atoms with Gasteiger partial charge in [-0.2, -0.15) is 13.2 Å². The topological polar surface area (TPSA) is 41.9 Å². The van der Waals surface area contributed by atoms with Crippen molar-refractivity contribution in [1.29, 1.82) is 0 Å². The van der Waals surface area contributed by atoms with E-state index in [4.69, 9.17) is 4.84 Å². The van der Waals surface area contributed by atoms with Crippen molar-refractivity contribution in [2.24, 2.45) is 11.1 Å². The van der Waals surface area contributed by atoms with Gasteiger partial charge in [-0.25, -0.2) is 0 Å². The van der Waals surface area contributed by atoms with Crippen molar-refractivity contribution in [2.45, 2.75) is 52.4 Å². The second-order valence-corrected chi connectivity index (χ2v) is 8.40. The molecular weight excluding hydrogens is 405 g/mol. The Morgan fingerprint density at radius 2 is 1.77 bits per heavy atom. The summed E-state index contributed by atoms with van der Waals surface area (Å²) in [5.41, 5.74) is 2.91. The van der Waals surface area contributed by atoms with Crippen LogP contribution in [0.4, 0.5) is 13.2 Å². The van der Waals surface area contributed by atoms with E-state index in [1.54, 1.807) is 4.90 Å². The number of halogens is 3. The number of hydrogen-bond acceptors (Lipinski definition) is 3. The number of amides is 1. The van der Waals surface area contributed by atoms with Crippen molar-refractivity contribution < 1.29 is 22.8 Å². The fourth-order valence-corrected chi connectivity index (χ4v) is 3.44. The summed E-state index contributed by atoms with van der Waals surface area (Å²) in [6.45, 7) is 6.48. The second kappa shape index (κ2) is 9.54. The predicted octanol–water partition coefficient (Wildman–Crippen LogP) is 5.58. The molecule has 1 amide bonds. The van der Waals surface area contributed by atoms with Crippen LogP contribution >= 0.6 is 0 Å². The van der Waals surface area contributed by atoms with E-state index in [1.807, 2.05) is 45.0 Å². The Bertz CT molecular complexity index is 919. The van der Waals surface area contributed by atoms with E-state index in [0.29, 0.717) is 24.9 Å². The molecule has 0 bridgehead atoms. The van der Waals surface area contributed by atoms with Crippen molar-refractivity contribution in [3.05, 3.63) is 70.8 Å². The third-order valence-corrected chi connectivity index (χ3v) is 5.13. The maximum Gasteiger partial charge on any atom is 0.416 e. The Hall–Kier alpha value is -2.83. The number of carbonyl (C=O) groups excluding carboxylic acids is 1. The third-order valence-electron chi connectivity index (χ3n) is 5.13. The van der Waals surface area contributed by atoms with Gasteiger partial charge in [0.05, 0.1) is 17.8 Å². The molecule has 1 atom stereocenters. The SMILES string of the molecule is Cc1ccc(C2=NO[C@@H](CN(Cc3ccc(C(F)(F)F)cc3)C(=O)CC(C)C)C2)cc1. The van der Waals surface area contributed by atoms with Gasteiger partial charge >= 0.3 is 6.18 Å². The van der Waals surface area contributed by atoms with Gasteiger partial charge in [0.15, 0.2) is 6.10 Å². The summed E-state index contributed by atoms with van der Waals surface area (Å²) < 4.78 is 38.5. The Labute approximate surface area is 180 Å². The Morgan fingerprint density at radius 1 is 1.13 bits per heavy atom. The van der Waals surface area contributed by atoms with E-state index >= 15 is 0 Å². The Balaban J connectivity index is 1.68. The number of alkyl halides is 3. The van der Waals surface area contributed by atoms with Crippen LogP contribution < -0.4 is 0 Å². The molecule has 2 aromatic rings. The van der Waals surface area contributed by atoms with Crippen LogP contribution in [0.15, 0.2) is 53.7 Å². The monoisotopic (exact) mass is 432 g/mol. The molecule has 0 spiro atoms. The molecule has 31 heavy (non-hydrogen) atoms. The van der Waals surface area contributed by atoms with E-state index < -0.39 is 11.7 Å². The summed E-state index contributed by atoms with van der Waals surface area (Å²) in [5.74, 6) is 0.119. The molecule has 1 heterocycles. The minimum Gasteiger partial charge on any atom is -0.390 e. The fourth-order valence-electron chi connectivity index (χ4n) is 3.44. The number of oxime groups is 1. The standard InChI is InChI=1S/C24H27F3N2O2/c1-16(2)12-23(30)29(14-18-6-10-20(11-7-18)24(25,26)27)15-21-13-22(28-31-21)19-8-4-17(3)5-9-19/h4-11,16,21H,12-15H2,1-3H3/t21-/m1/s1. The van der Waals surface area contributed by atoms with Gasteiger partial charge in [-0.15, -0.1) is 0 Å². The summed E-state index contributed by atoms with van der Waals surface area (Å²) >= 11 is 0. The molecule has 0 saturated heterocycles. The highest BCUT2D eigenvalue weighted by Crippen LogP contribution is 2.29. The Kier molecular flexibility index (Phi) is 7.03. The average Bonchev–Trinajstić information content (AvgIpc) is 3.16. The van der Waals surface area contributed by atoms with Crippen molar-refractivity contribution in [1.82, 2.24) is 4.90 Å². The summed E-state index contributed by atoms with van der Waals surface area (Å²) in [4.78, 5) is 20.1. The van der Waals surface area contributed by atoms with Crippen molar-refractivity contribution in [3.63, 3.8) is 0 Å². The fraction of sp³-hybridized carbons (Fsp3) is 0.417. The van der Waals surface area contributed by atoms with Crippen LogP contribution in [0.3, 0.4) is 0 Å². The molecule has 0 aliphatic carbocycles. The van der Waals surface area contributed by atoms with Gasteiger partial charge in [0.1, 0.15) is 0 Å². The van der Waals surface area contributed by atoms with Crippen LogP contribution in [0, 0.1) is 12.8 Å². The minimum atomic E-state index is -4.38. The number of carbonyl (C=O) groups is 1. The molecule has 2 aromatic carbocycles. The molecular formula is C24H27F3N2O2. The van der Waals surface area contributed by atoms with Gasteiger partial charge in [0, 0.05) is 19.4 Å². The van der Waals surface area contributed by atoms with Crippen molar-refractivity contribution >= 4 is 11.6 Å². The molecule has 3 rings (SSSR count). The summed E-state index contributed by atoms with van der Waals surface area (Å²) in [6.07, 6.45) is -3.74. The summed E-state index contributed by atoms with van der Waals surface area (Å²) in [7, 11) is 0. The van der Waals surface area contributed by atoms with E-state index in [2.05, 4.69) is 5.16 Å². The molecule has 0 radical (unpaired) electrons. The first-order valence-corrected chi connectivity index (χ1v) is 10.4.